The number of rotatable bonds is 2. The minimum absolute atomic E-state index is 0.708. The van der Waals surface area contributed by atoms with Crippen LogP contribution in [0, 0.1) is 0 Å². The standard InChI is InChI=1S/C4H8O.CH5N/c1-2-3-4-5;1-2/h4H,2-3H2,1H3;2H2,1H3. The van der Waals surface area contributed by atoms with Gasteiger partial charge >= 0.3 is 0 Å². The van der Waals surface area contributed by atoms with Crippen LogP contribution < -0.4 is 5.73 Å². The summed E-state index contributed by atoms with van der Waals surface area (Å²) in [5.41, 5.74) is 4.50. The fourth-order valence-electron chi connectivity index (χ4n) is 0.118. The van der Waals surface area contributed by atoms with Crippen molar-refractivity contribution in [2.24, 2.45) is 5.73 Å². The number of aldehydes is 1. The van der Waals surface area contributed by atoms with E-state index < -0.39 is 0 Å². The largest absolute Gasteiger partial charge is 0.333 e. The molecule has 7 heavy (non-hydrogen) atoms. The molecule has 0 heterocycles. The van der Waals surface area contributed by atoms with Gasteiger partial charge in [-0.25, -0.2) is 0 Å². The third kappa shape index (κ3) is 27.9. The van der Waals surface area contributed by atoms with E-state index in [0.29, 0.717) is 6.42 Å². The maximum Gasteiger partial charge on any atom is 0.119 e. The van der Waals surface area contributed by atoms with E-state index in [1.807, 2.05) is 6.92 Å². The second kappa shape index (κ2) is 17.4. The maximum atomic E-state index is 9.40. The second-order valence-electron chi connectivity index (χ2n) is 0.955. The lowest BCUT2D eigenvalue weighted by molar-refractivity contribution is -0.107. The van der Waals surface area contributed by atoms with Crippen molar-refractivity contribution in [1.82, 2.24) is 0 Å². The summed E-state index contributed by atoms with van der Waals surface area (Å²) in [6.07, 6.45) is 2.61. The Morgan fingerprint density at radius 3 is 2.00 bits per heavy atom. The lowest BCUT2D eigenvalue weighted by Gasteiger charge is -1.68. The molecule has 0 aliphatic carbocycles. The Bertz CT molecular complexity index is 29.3. The molecule has 2 nitrogen and oxygen atoms in total. The third-order valence-corrected chi connectivity index (χ3v) is 0.407. The van der Waals surface area contributed by atoms with Gasteiger partial charge in [-0.1, -0.05) is 6.92 Å². The van der Waals surface area contributed by atoms with Gasteiger partial charge in [0, 0.05) is 6.42 Å². The highest BCUT2D eigenvalue weighted by Gasteiger charge is 1.66. The molecule has 0 spiro atoms. The highest BCUT2D eigenvalue weighted by Crippen LogP contribution is 1.74. The van der Waals surface area contributed by atoms with E-state index in [4.69, 9.17) is 0 Å². The maximum absolute atomic E-state index is 9.40. The molecule has 0 aliphatic heterocycles. The lowest BCUT2D eigenvalue weighted by Crippen LogP contribution is -1.69. The topological polar surface area (TPSA) is 43.1 Å². The Hall–Kier alpha value is -0.370. The fraction of sp³-hybridized carbons (Fsp3) is 0.800. The first-order chi connectivity index (χ1) is 3.41. The molecule has 0 unspecified atom stereocenters. The van der Waals surface area contributed by atoms with Gasteiger partial charge in [0.2, 0.25) is 0 Å². The number of carbonyl (C=O) groups excluding carboxylic acids is 1. The number of hydrogen-bond donors (Lipinski definition) is 1. The summed E-state index contributed by atoms with van der Waals surface area (Å²) in [7, 11) is 1.50. The predicted octanol–water partition coefficient (Wildman–Crippen LogP) is 0.560. The zero-order valence-electron chi connectivity index (χ0n) is 4.98. The first-order valence-electron chi connectivity index (χ1n) is 2.43. The smallest absolute Gasteiger partial charge is 0.119 e. The molecule has 2 heteroatoms. The number of nitrogens with two attached hydrogens (primary N) is 1. The van der Waals surface area contributed by atoms with E-state index in [2.05, 4.69) is 5.73 Å². The molecular weight excluding hydrogens is 90.1 g/mol. The molecule has 0 bridgehead atoms. The summed E-state index contributed by atoms with van der Waals surface area (Å²) in [4.78, 5) is 9.40. The minimum atomic E-state index is 0.708. The predicted molar refractivity (Wildman–Crippen MR) is 31.1 cm³/mol. The highest BCUT2D eigenvalue weighted by molar-refractivity contribution is 5.48. The van der Waals surface area contributed by atoms with E-state index in [9.17, 15) is 4.79 Å². The average molecular weight is 103 g/mol. The van der Waals surface area contributed by atoms with E-state index >= 15 is 0 Å². The molecule has 0 fully saturated rings. The van der Waals surface area contributed by atoms with Gasteiger partial charge in [0.25, 0.3) is 0 Å². The van der Waals surface area contributed by atoms with Gasteiger partial charge in [-0.05, 0) is 13.5 Å². The van der Waals surface area contributed by atoms with Gasteiger partial charge in [-0.15, -0.1) is 0 Å². The van der Waals surface area contributed by atoms with Crippen LogP contribution in [0.2, 0.25) is 0 Å². The summed E-state index contributed by atoms with van der Waals surface area (Å²) in [5.74, 6) is 0. The molecule has 0 aliphatic rings. The zero-order valence-corrected chi connectivity index (χ0v) is 4.98. The summed E-state index contributed by atoms with van der Waals surface area (Å²) in [6, 6.07) is 0. The fourth-order valence-corrected chi connectivity index (χ4v) is 0.118. The van der Waals surface area contributed by atoms with Gasteiger partial charge in [0.1, 0.15) is 6.29 Å². The quantitative estimate of drug-likeness (QED) is 0.519. The van der Waals surface area contributed by atoms with E-state index in [1.54, 1.807) is 0 Å². The van der Waals surface area contributed by atoms with E-state index in [0.717, 1.165) is 12.7 Å². The first-order valence-corrected chi connectivity index (χ1v) is 2.43. The van der Waals surface area contributed by atoms with Crippen molar-refractivity contribution in [3.05, 3.63) is 0 Å². The van der Waals surface area contributed by atoms with Crippen LogP contribution in [0.15, 0.2) is 0 Å². The van der Waals surface area contributed by atoms with Gasteiger partial charge in [0.05, 0.1) is 0 Å². The van der Waals surface area contributed by atoms with Crippen LogP contribution in [0.5, 0.6) is 0 Å². The summed E-state index contributed by atoms with van der Waals surface area (Å²) < 4.78 is 0. The molecule has 0 rings (SSSR count). The Balaban J connectivity index is 0. The van der Waals surface area contributed by atoms with E-state index in [-0.39, 0.29) is 0 Å². The summed E-state index contributed by atoms with van der Waals surface area (Å²) in [5, 5.41) is 0. The van der Waals surface area contributed by atoms with Crippen molar-refractivity contribution in [1.29, 1.82) is 0 Å². The van der Waals surface area contributed by atoms with Crippen molar-refractivity contribution in [3.8, 4) is 0 Å². The Labute approximate surface area is 44.7 Å². The van der Waals surface area contributed by atoms with Crippen LogP contribution in [0.25, 0.3) is 0 Å². The van der Waals surface area contributed by atoms with Gasteiger partial charge in [-0.3, -0.25) is 0 Å². The van der Waals surface area contributed by atoms with Crippen LogP contribution >= 0.6 is 0 Å². The van der Waals surface area contributed by atoms with Crippen molar-refractivity contribution in [3.63, 3.8) is 0 Å². The van der Waals surface area contributed by atoms with Crippen LogP contribution in [0.1, 0.15) is 19.8 Å². The molecule has 0 amide bonds. The van der Waals surface area contributed by atoms with Crippen LogP contribution in [0.3, 0.4) is 0 Å². The SMILES string of the molecule is CCCC=O.CN. The van der Waals surface area contributed by atoms with Crippen LogP contribution in [-0.2, 0) is 4.79 Å². The Kier molecular flexibility index (Phi) is 24.4. The zero-order chi connectivity index (χ0) is 6.12. The second-order valence-corrected chi connectivity index (χ2v) is 0.955. The van der Waals surface area contributed by atoms with Crippen molar-refractivity contribution >= 4 is 6.29 Å². The molecule has 0 radical (unpaired) electrons. The lowest BCUT2D eigenvalue weighted by atomic mass is 10.4. The number of carbonyl (C=O) groups is 1. The van der Waals surface area contributed by atoms with Crippen molar-refractivity contribution in [2.75, 3.05) is 7.05 Å². The van der Waals surface area contributed by atoms with Crippen LogP contribution in [0.4, 0.5) is 0 Å². The molecular formula is C5H13NO. The highest BCUT2D eigenvalue weighted by atomic mass is 16.1. The first kappa shape index (κ1) is 9.80. The normalized spacial score (nSPS) is 6.14. The molecule has 0 aromatic rings. The monoisotopic (exact) mass is 103 g/mol. The summed E-state index contributed by atoms with van der Waals surface area (Å²) in [6.45, 7) is 1.98. The van der Waals surface area contributed by atoms with Gasteiger partial charge in [-0.2, -0.15) is 0 Å². The molecule has 0 saturated heterocycles. The molecule has 0 atom stereocenters. The molecule has 44 valence electrons. The summed E-state index contributed by atoms with van der Waals surface area (Å²) >= 11 is 0. The average Bonchev–Trinajstić information content (AvgIpc) is 1.75. The van der Waals surface area contributed by atoms with Gasteiger partial charge in [0.15, 0.2) is 0 Å². The third-order valence-electron chi connectivity index (χ3n) is 0.407. The number of hydrogen-bond acceptors (Lipinski definition) is 2. The molecule has 2 N–H and O–H groups in total. The Morgan fingerprint density at radius 2 is 2.00 bits per heavy atom. The van der Waals surface area contributed by atoms with Crippen LogP contribution in [-0.4, -0.2) is 13.3 Å². The van der Waals surface area contributed by atoms with E-state index in [1.165, 1.54) is 7.05 Å². The van der Waals surface area contributed by atoms with Gasteiger partial charge < -0.3 is 10.5 Å². The van der Waals surface area contributed by atoms with Crippen molar-refractivity contribution in [2.45, 2.75) is 19.8 Å². The molecule has 0 aromatic carbocycles. The Morgan fingerprint density at radius 1 is 1.57 bits per heavy atom. The van der Waals surface area contributed by atoms with Crippen molar-refractivity contribution < 1.29 is 4.79 Å². The minimum Gasteiger partial charge on any atom is -0.333 e. The number of unbranched alkanes of at least 4 members (excludes halogenated alkanes) is 1. The molecule has 0 aromatic heterocycles. The molecule has 0 saturated carbocycles.